The van der Waals surface area contributed by atoms with Crippen LogP contribution >= 0.6 is 0 Å². The van der Waals surface area contributed by atoms with Crippen LogP contribution < -0.4 is 10.6 Å². The maximum Gasteiger partial charge on any atom is 0.286 e. The van der Waals surface area contributed by atoms with Crippen LogP contribution in [0, 0.1) is 10.1 Å². The standard InChI is InChI=1S/C10H17N3O3/c1-4-5-6-9(14)10(12-3)8(7-11-2)13(15)16/h4,11-12H,1,5-7H2,2-3H3/b10-8+. The molecule has 2 N–H and O–H groups in total. The molecule has 6 nitrogen and oxygen atoms in total. The molecule has 0 radical (unpaired) electrons. The summed E-state index contributed by atoms with van der Waals surface area (Å²) in [6.07, 6.45) is 2.34. The van der Waals surface area contributed by atoms with E-state index in [1.54, 1.807) is 13.1 Å². The first kappa shape index (κ1) is 14.3. The summed E-state index contributed by atoms with van der Waals surface area (Å²) in [5.41, 5.74) is -0.0831. The second-order valence-corrected chi connectivity index (χ2v) is 3.11. The summed E-state index contributed by atoms with van der Waals surface area (Å²) in [6, 6.07) is 0. The summed E-state index contributed by atoms with van der Waals surface area (Å²) in [6.45, 7) is 3.54. The molecule has 6 heteroatoms. The van der Waals surface area contributed by atoms with E-state index in [2.05, 4.69) is 17.2 Å². The summed E-state index contributed by atoms with van der Waals surface area (Å²) in [7, 11) is 3.09. The molecule has 0 aliphatic rings. The zero-order chi connectivity index (χ0) is 12.6. The molecule has 90 valence electrons. The van der Waals surface area contributed by atoms with Gasteiger partial charge in [0, 0.05) is 13.5 Å². The Kier molecular flexibility index (Phi) is 6.78. The Bertz CT molecular complexity index is 310. The summed E-state index contributed by atoms with van der Waals surface area (Å²) in [5.74, 6) is -0.274. The van der Waals surface area contributed by atoms with E-state index in [-0.39, 0.29) is 30.1 Å². The highest BCUT2D eigenvalue weighted by Gasteiger charge is 2.22. The van der Waals surface area contributed by atoms with Crippen LogP contribution in [-0.4, -0.2) is 31.3 Å². The van der Waals surface area contributed by atoms with Gasteiger partial charge in [0.15, 0.2) is 11.5 Å². The van der Waals surface area contributed by atoms with Gasteiger partial charge in [-0.05, 0) is 13.5 Å². The third-order valence-electron chi connectivity index (χ3n) is 1.96. The Labute approximate surface area is 94.6 Å². The predicted octanol–water partition coefficient (Wildman–Crippen LogP) is 0.449. The molecule has 0 rings (SSSR count). The molecule has 0 unspecified atom stereocenters. The number of nitro groups is 1. The fourth-order valence-corrected chi connectivity index (χ4v) is 1.21. The lowest BCUT2D eigenvalue weighted by molar-refractivity contribution is -0.427. The van der Waals surface area contributed by atoms with Crippen molar-refractivity contribution in [1.29, 1.82) is 0 Å². The van der Waals surface area contributed by atoms with Crippen LogP contribution in [0.3, 0.4) is 0 Å². The first-order chi connectivity index (χ1) is 7.58. The number of allylic oxidation sites excluding steroid dienone is 2. The van der Waals surface area contributed by atoms with Gasteiger partial charge >= 0.3 is 0 Å². The first-order valence-electron chi connectivity index (χ1n) is 4.92. The van der Waals surface area contributed by atoms with E-state index in [9.17, 15) is 14.9 Å². The van der Waals surface area contributed by atoms with Gasteiger partial charge in [0.05, 0.1) is 11.5 Å². The van der Waals surface area contributed by atoms with Crippen LogP contribution in [0.5, 0.6) is 0 Å². The van der Waals surface area contributed by atoms with Gasteiger partial charge in [0.2, 0.25) is 0 Å². The number of nitrogens with zero attached hydrogens (tertiary/aromatic N) is 1. The fraction of sp³-hybridized carbons (Fsp3) is 0.500. The number of hydrogen-bond donors (Lipinski definition) is 2. The highest BCUT2D eigenvalue weighted by Crippen LogP contribution is 2.07. The average molecular weight is 227 g/mol. The van der Waals surface area contributed by atoms with Crippen molar-refractivity contribution in [2.45, 2.75) is 12.8 Å². The minimum Gasteiger partial charge on any atom is -0.380 e. The highest BCUT2D eigenvalue weighted by atomic mass is 16.6. The topological polar surface area (TPSA) is 84.3 Å². The number of nitrogens with one attached hydrogen (secondary N) is 2. The van der Waals surface area contributed by atoms with Crippen molar-refractivity contribution in [3.63, 3.8) is 0 Å². The van der Waals surface area contributed by atoms with E-state index in [0.717, 1.165) is 0 Å². The third kappa shape index (κ3) is 4.22. The average Bonchev–Trinajstić information content (AvgIpc) is 2.25. The monoisotopic (exact) mass is 227 g/mol. The molecule has 0 bridgehead atoms. The number of ketones is 1. The Hall–Kier alpha value is -1.69. The van der Waals surface area contributed by atoms with E-state index in [0.29, 0.717) is 6.42 Å². The Balaban J connectivity index is 4.99. The normalized spacial score (nSPS) is 11.6. The van der Waals surface area contributed by atoms with Crippen LogP contribution in [0.15, 0.2) is 24.0 Å². The quantitative estimate of drug-likeness (QED) is 0.272. The van der Waals surface area contributed by atoms with E-state index in [1.165, 1.54) is 7.05 Å². The summed E-state index contributed by atoms with van der Waals surface area (Å²) < 4.78 is 0. The molecule has 0 saturated heterocycles. The molecule has 0 aliphatic heterocycles. The van der Waals surface area contributed by atoms with Crippen molar-refractivity contribution in [1.82, 2.24) is 10.6 Å². The highest BCUT2D eigenvalue weighted by molar-refractivity contribution is 5.95. The Morgan fingerprint density at radius 2 is 2.12 bits per heavy atom. The van der Waals surface area contributed by atoms with Crippen LogP contribution in [0.4, 0.5) is 0 Å². The summed E-state index contributed by atoms with van der Waals surface area (Å²) in [5, 5.41) is 16.0. The van der Waals surface area contributed by atoms with Gasteiger partial charge in [0.25, 0.3) is 5.70 Å². The number of carbonyl (C=O) groups excluding carboxylic acids is 1. The number of likely N-dealkylation sites (N-methyl/N-ethyl adjacent to an activating group) is 2. The van der Waals surface area contributed by atoms with Crippen LogP contribution in [0.1, 0.15) is 12.8 Å². The third-order valence-corrected chi connectivity index (χ3v) is 1.96. The maximum absolute atomic E-state index is 11.7. The molecule has 0 heterocycles. The molecular weight excluding hydrogens is 210 g/mol. The van der Waals surface area contributed by atoms with Crippen molar-refractivity contribution in [3.8, 4) is 0 Å². The van der Waals surface area contributed by atoms with Gasteiger partial charge in [-0.15, -0.1) is 6.58 Å². The van der Waals surface area contributed by atoms with Gasteiger partial charge in [-0.1, -0.05) is 6.08 Å². The number of hydrogen-bond acceptors (Lipinski definition) is 5. The summed E-state index contributed by atoms with van der Waals surface area (Å²) >= 11 is 0. The minimum atomic E-state index is -0.547. The minimum absolute atomic E-state index is 0.0446. The van der Waals surface area contributed by atoms with Crippen molar-refractivity contribution < 1.29 is 9.72 Å². The van der Waals surface area contributed by atoms with Crippen molar-refractivity contribution in [2.24, 2.45) is 0 Å². The van der Waals surface area contributed by atoms with E-state index >= 15 is 0 Å². The second kappa shape index (κ2) is 7.58. The number of Topliss-reactive ketones (excluding diaryl/α,β-unsaturated/α-hetero) is 1. The molecule has 0 aromatic carbocycles. The van der Waals surface area contributed by atoms with Gasteiger partial charge < -0.3 is 10.6 Å². The number of rotatable bonds is 8. The predicted molar refractivity (Wildman–Crippen MR) is 61.4 cm³/mol. The molecule has 0 aromatic heterocycles. The molecule has 0 aliphatic carbocycles. The van der Waals surface area contributed by atoms with Crippen LogP contribution in [-0.2, 0) is 4.79 Å². The Morgan fingerprint density at radius 1 is 1.50 bits per heavy atom. The maximum atomic E-state index is 11.7. The second-order valence-electron chi connectivity index (χ2n) is 3.11. The first-order valence-corrected chi connectivity index (χ1v) is 4.92. The van der Waals surface area contributed by atoms with Crippen molar-refractivity contribution in [3.05, 3.63) is 34.2 Å². The van der Waals surface area contributed by atoms with Crippen molar-refractivity contribution in [2.75, 3.05) is 20.6 Å². The van der Waals surface area contributed by atoms with Gasteiger partial charge in [-0.25, -0.2) is 0 Å². The largest absolute Gasteiger partial charge is 0.380 e. The van der Waals surface area contributed by atoms with E-state index in [1.807, 2.05) is 0 Å². The van der Waals surface area contributed by atoms with Crippen LogP contribution in [0.2, 0.25) is 0 Å². The SMILES string of the molecule is C=CCCC(=O)/C(NC)=C(/CNC)[N+](=O)[O-]. The van der Waals surface area contributed by atoms with Crippen LogP contribution in [0.25, 0.3) is 0 Å². The molecule has 16 heavy (non-hydrogen) atoms. The molecule has 0 atom stereocenters. The fourth-order valence-electron chi connectivity index (χ4n) is 1.21. The zero-order valence-corrected chi connectivity index (χ0v) is 9.58. The number of carbonyl (C=O) groups is 1. The van der Waals surface area contributed by atoms with Gasteiger partial charge in [-0.2, -0.15) is 0 Å². The zero-order valence-electron chi connectivity index (χ0n) is 9.58. The molecule has 0 aromatic rings. The van der Waals surface area contributed by atoms with Gasteiger partial charge in [0.1, 0.15) is 0 Å². The lowest BCUT2D eigenvalue weighted by Gasteiger charge is -2.06. The lowest BCUT2D eigenvalue weighted by Crippen LogP contribution is -2.26. The summed E-state index contributed by atoms with van der Waals surface area (Å²) in [4.78, 5) is 21.9. The molecule has 0 fully saturated rings. The Morgan fingerprint density at radius 3 is 2.50 bits per heavy atom. The van der Waals surface area contributed by atoms with E-state index in [4.69, 9.17) is 0 Å². The molecule has 0 amide bonds. The smallest absolute Gasteiger partial charge is 0.286 e. The van der Waals surface area contributed by atoms with E-state index < -0.39 is 4.92 Å². The lowest BCUT2D eigenvalue weighted by atomic mass is 10.1. The molecule has 0 saturated carbocycles. The molecular formula is C10H17N3O3. The van der Waals surface area contributed by atoms with Gasteiger partial charge in [-0.3, -0.25) is 14.9 Å². The van der Waals surface area contributed by atoms with Crippen molar-refractivity contribution >= 4 is 5.78 Å². The molecule has 0 spiro atoms.